The zero-order chi connectivity index (χ0) is 17.3. The standard InChI is InChI=1S/C16H19N3O4S/c1-11(18-24(2,21)22)16(20)19-9-8-14-13(10-19)15(17-23-14)12-6-4-3-5-7-12/h3-7,11,18H,8-10H2,1-2H3/t11-/m0/s1. The van der Waals surface area contributed by atoms with E-state index in [-0.39, 0.29) is 5.91 Å². The number of nitrogens with zero attached hydrogens (tertiary/aromatic N) is 2. The van der Waals surface area contributed by atoms with Gasteiger partial charge in [-0.15, -0.1) is 0 Å². The number of nitrogens with one attached hydrogen (secondary N) is 1. The van der Waals surface area contributed by atoms with E-state index in [0.29, 0.717) is 19.5 Å². The number of hydrogen-bond donors (Lipinski definition) is 1. The highest BCUT2D eigenvalue weighted by molar-refractivity contribution is 7.88. The van der Waals surface area contributed by atoms with Gasteiger partial charge in [0.25, 0.3) is 0 Å². The molecule has 2 aromatic rings. The number of carbonyl (C=O) groups excluding carboxylic acids is 1. The Balaban J connectivity index is 1.81. The number of amides is 1. The highest BCUT2D eigenvalue weighted by Gasteiger charge is 2.30. The van der Waals surface area contributed by atoms with E-state index in [1.165, 1.54) is 0 Å². The number of rotatable bonds is 4. The SMILES string of the molecule is C[C@H](NS(C)(=O)=O)C(=O)N1CCc2onc(-c3ccccc3)c2C1. The fourth-order valence-electron chi connectivity index (χ4n) is 2.87. The van der Waals surface area contributed by atoms with E-state index in [1.807, 2.05) is 30.3 Å². The Morgan fingerprint density at radius 1 is 1.33 bits per heavy atom. The normalized spacial score (nSPS) is 15.8. The number of sulfonamides is 1. The second-order valence-corrected chi connectivity index (χ2v) is 7.70. The number of carbonyl (C=O) groups is 1. The number of fused-ring (bicyclic) bond motifs is 1. The van der Waals surface area contributed by atoms with Crippen molar-refractivity contribution in [1.82, 2.24) is 14.8 Å². The van der Waals surface area contributed by atoms with Crippen LogP contribution in [0.5, 0.6) is 0 Å². The van der Waals surface area contributed by atoms with Gasteiger partial charge in [-0.25, -0.2) is 13.1 Å². The molecule has 0 bridgehead atoms. The van der Waals surface area contributed by atoms with Gasteiger partial charge in [0.15, 0.2) is 0 Å². The van der Waals surface area contributed by atoms with Crippen LogP contribution in [-0.2, 0) is 27.8 Å². The van der Waals surface area contributed by atoms with Gasteiger partial charge in [0, 0.05) is 24.1 Å². The number of aromatic nitrogens is 1. The first-order valence-electron chi connectivity index (χ1n) is 7.64. The summed E-state index contributed by atoms with van der Waals surface area (Å²) in [6.07, 6.45) is 1.60. The van der Waals surface area contributed by atoms with E-state index >= 15 is 0 Å². The van der Waals surface area contributed by atoms with E-state index in [4.69, 9.17) is 4.52 Å². The fraction of sp³-hybridized carbons (Fsp3) is 0.375. The molecule has 2 heterocycles. The molecule has 0 spiro atoms. The minimum atomic E-state index is -3.44. The van der Waals surface area contributed by atoms with Gasteiger partial charge in [-0.05, 0) is 6.92 Å². The molecule has 0 saturated heterocycles. The minimum Gasteiger partial charge on any atom is -0.360 e. The van der Waals surface area contributed by atoms with Crippen molar-refractivity contribution in [2.45, 2.75) is 25.9 Å². The first kappa shape index (κ1) is 16.7. The molecule has 7 nitrogen and oxygen atoms in total. The predicted octanol–water partition coefficient (Wildman–Crippen LogP) is 1.16. The third-order valence-corrected chi connectivity index (χ3v) is 4.73. The molecule has 3 rings (SSSR count). The van der Waals surface area contributed by atoms with Gasteiger partial charge in [0.2, 0.25) is 15.9 Å². The molecular formula is C16H19N3O4S. The smallest absolute Gasteiger partial charge is 0.240 e. The molecular weight excluding hydrogens is 330 g/mol. The third kappa shape index (κ3) is 3.49. The number of benzene rings is 1. The predicted molar refractivity (Wildman–Crippen MR) is 88.5 cm³/mol. The average Bonchev–Trinajstić information content (AvgIpc) is 2.96. The molecule has 1 aromatic carbocycles. The van der Waals surface area contributed by atoms with Crippen LogP contribution in [0, 0.1) is 0 Å². The summed E-state index contributed by atoms with van der Waals surface area (Å²) in [4.78, 5) is 14.1. The summed E-state index contributed by atoms with van der Waals surface area (Å²) in [5.41, 5.74) is 2.54. The largest absolute Gasteiger partial charge is 0.360 e. The Hall–Kier alpha value is -2.19. The quantitative estimate of drug-likeness (QED) is 0.894. The second-order valence-electron chi connectivity index (χ2n) is 5.92. The fourth-order valence-corrected chi connectivity index (χ4v) is 3.61. The summed E-state index contributed by atoms with van der Waals surface area (Å²) in [6, 6.07) is 8.83. The summed E-state index contributed by atoms with van der Waals surface area (Å²) in [5, 5.41) is 4.14. The van der Waals surface area contributed by atoms with Crippen molar-refractivity contribution >= 4 is 15.9 Å². The summed E-state index contributed by atoms with van der Waals surface area (Å²) in [6.45, 7) is 2.38. The van der Waals surface area contributed by atoms with Crippen LogP contribution >= 0.6 is 0 Å². The molecule has 1 aromatic heterocycles. The van der Waals surface area contributed by atoms with Gasteiger partial charge in [-0.2, -0.15) is 0 Å². The monoisotopic (exact) mass is 349 g/mol. The zero-order valence-electron chi connectivity index (χ0n) is 13.5. The maximum Gasteiger partial charge on any atom is 0.240 e. The molecule has 0 radical (unpaired) electrons. The topological polar surface area (TPSA) is 92.5 Å². The molecule has 0 unspecified atom stereocenters. The molecule has 0 aliphatic carbocycles. The average molecular weight is 349 g/mol. The van der Waals surface area contributed by atoms with Crippen molar-refractivity contribution < 1.29 is 17.7 Å². The lowest BCUT2D eigenvalue weighted by Gasteiger charge is -2.28. The zero-order valence-corrected chi connectivity index (χ0v) is 14.3. The summed E-state index contributed by atoms with van der Waals surface area (Å²) < 4.78 is 30.4. The maximum atomic E-state index is 12.5. The lowest BCUT2D eigenvalue weighted by atomic mass is 10.0. The second kappa shape index (κ2) is 6.37. The highest BCUT2D eigenvalue weighted by Crippen LogP contribution is 2.30. The Labute approximate surface area is 140 Å². The van der Waals surface area contributed by atoms with E-state index in [9.17, 15) is 13.2 Å². The highest BCUT2D eigenvalue weighted by atomic mass is 32.2. The molecule has 128 valence electrons. The molecule has 0 fully saturated rings. The van der Waals surface area contributed by atoms with Crippen LogP contribution in [0.4, 0.5) is 0 Å². The molecule has 1 aliphatic heterocycles. The van der Waals surface area contributed by atoms with Gasteiger partial charge in [-0.3, -0.25) is 4.79 Å². The third-order valence-electron chi connectivity index (χ3n) is 3.95. The molecule has 1 N–H and O–H groups in total. The lowest BCUT2D eigenvalue weighted by Crippen LogP contribution is -2.48. The van der Waals surface area contributed by atoms with Crippen LogP contribution in [0.25, 0.3) is 11.3 Å². The Morgan fingerprint density at radius 3 is 2.71 bits per heavy atom. The van der Waals surface area contributed by atoms with Crippen molar-refractivity contribution in [1.29, 1.82) is 0 Å². The van der Waals surface area contributed by atoms with Gasteiger partial charge in [0.1, 0.15) is 11.5 Å². The van der Waals surface area contributed by atoms with Crippen molar-refractivity contribution in [2.24, 2.45) is 0 Å². The molecule has 1 amide bonds. The van der Waals surface area contributed by atoms with Crippen molar-refractivity contribution in [3.8, 4) is 11.3 Å². The molecule has 8 heteroatoms. The first-order valence-corrected chi connectivity index (χ1v) is 9.53. The molecule has 1 atom stereocenters. The minimum absolute atomic E-state index is 0.258. The lowest BCUT2D eigenvalue weighted by molar-refractivity contribution is -0.133. The Bertz CT molecular complexity index is 845. The maximum absolute atomic E-state index is 12.5. The van der Waals surface area contributed by atoms with Crippen molar-refractivity contribution in [2.75, 3.05) is 12.8 Å². The van der Waals surface area contributed by atoms with Crippen LogP contribution in [0.1, 0.15) is 18.2 Å². The van der Waals surface area contributed by atoms with Crippen LogP contribution < -0.4 is 4.72 Å². The number of hydrogen-bond acceptors (Lipinski definition) is 5. The Morgan fingerprint density at radius 2 is 2.04 bits per heavy atom. The van der Waals surface area contributed by atoms with Crippen molar-refractivity contribution in [3.63, 3.8) is 0 Å². The summed E-state index contributed by atoms with van der Waals surface area (Å²) in [5.74, 6) is 0.521. The van der Waals surface area contributed by atoms with Gasteiger partial charge in [-0.1, -0.05) is 35.5 Å². The van der Waals surface area contributed by atoms with Crippen molar-refractivity contribution in [3.05, 3.63) is 41.7 Å². The van der Waals surface area contributed by atoms with Crippen LogP contribution in [0.15, 0.2) is 34.9 Å². The van der Waals surface area contributed by atoms with Gasteiger partial charge >= 0.3 is 0 Å². The Kier molecular flexibility index (Phi) is 4.42. The molecule has 1 aliphatic rings. The van der Waals surface area contributed by atoms with Crippen LogP contribution in [-0.4, -0.2) is 43.2 Å². The van der Waals surface area contributed by atoms with E-state index in [1.54, 1.807) is 11.8 Å². The van der Waals surface area contributed by atoms with Crippen LogP contribution in [0.3, 0.4) is 0 Å². The van der Waals surface area contributed by atoms with E-state index in [2.05, 4.69) is 9.88 Å². The van der Waals surface area contributed by atoms with Gasteiger partial charge < -0.3 is 9.42 Å². The summed E-state index contributed by atoms with van der Waals surface area (Å²) in [7, 11) is -3.44. The molecule has 24 heavy (non-hydrogen) atoms. The van der Waals surface area contributed by atoms with E-state index in [0.717, 1.165) is 28.8 Å². The summed E-state index contributed by atoms with van der Waals surface area (Å²) >= 11 is 0. The van der Waals surface area contributed by atoms with Gasteiger partial charge in [0.05, 0.1) is 18.8 Å². The molecule has 0 saturated carbocycles. The first-order chi connectivity index (χ1) is 11.3. The van der Waals surface area contributed by atoms with Crippen LogP contribution in [0.2, 0.25) is 0 Å². The van der Waals surface area contributed by atoms with E-state index < -0.39 is 16.1 Å².